The quantitative estimate of drug-likeness (QED) is 0.606. The molecule has 0 spiro atoms. The number of hydrogen-bond donors (Lipinski definition) is 0. The molecule has 3 atom stereocenters. The van der Waals surface area contributed by atoms with E-state index in [1.807, 2.05) is 0 Å². The molecule has 0 bridgehead atoms. The van der Waals surface area contributed by atoms with Crippen LogP contribution in [0.5, 0.6) is 0 Å². The minimum atomic E-state index is 0.536. The second-order valence-corrected chi connectivity index (χ2v) is 7.13. The Kier molecular flexibility index (Phi) is 4.21. The van der Waals surface area contributed by atoms with Gasteiger partial charge in [0, 0.05) is 4.83 Å². The van der Waals surface area contributed by atoms with E-state index >= 15 is 0 Å². The van der Waals surface area contributed by atoms with Gasteiger partial charge in [-0.25, -0.2) is 0 Å². The summed E-state index contributed by atoms with van der Waals surface area (Å²) in [6.07, 6.45) is 4.18. The zero-order valence-electron chi connectivity index (χ0n) is 12.3. The highest BCUT2D eigenvalue weighted by Gasteiger charge is 2.32. The number of rotatable bonds is 2. The lowest BCUT2D eigenvalue weighted by Crippen LogP contribution is -2.14. The average molecular weight is 309 g/mol. The van der Waals surface area contributed by atoms with Gasteiger partial charge in [-0.3, -0.25) is 0 Å². The highest BCUT2D eigenvalue weighted by molar-refractivity contribution is 9.09. The molecule has 18 heavy (non-hydrogen) atoms. The van der Waals surface area contributed by atoms with Gasteiger partial charge in [0.15, 0.2) is 0 Å². The molecule has 0 saturated heterocycles. The summed E-state index contributed by atoms with van der Waals surface area (Å²) in [4.78, 5) is 0.536. The topological polar surface area (TPSA) is 0 Å². The van der Waals surface area contributed by atoms with Crippen molar-refractivity contribution in [3.8, 4) is 0 Å². The van der Waals surface area contributed by atoms with Crippen LogP contribution in [0, 0.1) is 39.5 Å². The van der Waals surface area contributed by atoms with Crippen molar-refractivity contribution < 1.29 is 0 Å². The van der Waals surface area contributed by atoms with E-state index in [9.17, 15) is 0 Å². The van der Waals surface area contributed by atoms with Crippen molar-refractivity contribution in [2.75, 3.05) is 0 Å². The van der Waals surface area contributed by atoms with Gasteiger partial charge in [-0.2, -0.15) is 0 Å². The molecule has 0 amide bonds. The second-order valence-electron chi connectivity index (χ2n) is 6.15. The van der Waals surface area contributed by atoms with Crippen molar-refractivity contribution in [2.45, 2.75) is 58.7 Å². The Balaban J connectivity index is 2.44. The third kappa shape index (κ3) is 2.39. The first-order chi connectivity index (χ1) is 8.43. The fourth-order valence-electron chi connectivity index (χ4n) is 3.48. The summed E-state index contributed by atoms with van der Waals surface area (Å²) in [5, 5.41) is 0. The molecule has 1 aliphatic rings. The number of hydrogen-bond acceptors (Lipinski definition) is 0. The normalized spacial score (nSPS) is 25.4. The van der Waals surface area contributed by atoms with Crippen LogP contribution in [0.3, 0.4) is 0 Å². The zero-order valence-corrected chi connectivity index (χ0v) is 13.9. The van der Waals surface area contributed by atoms with E-state index in [0.717, 1.165) is 11.8 Å². The van der Waals surface area contributed by atoms with Crippen molar-refractivity contribution in [1.82, 2.24) is 0 Å². The molecule has 0 radical (unpaired) electrons. The van der Waals surface area contributed by atoms with Gasteiger partial charge in [0.05, 0.1) is 0 Å². The van der Waals surface area contributed by atoms with Crippen LogP contribution in [0.4, 0.5) is 0 Å². The van der Waals surface area contributed by atoms with E-state index in [4.69, 9.17) is 0 Å². The van der Waals surface area contributed by atoms with E-state index in [2.05, 4.69) is 56.6 Å². The van der Waals surface area contributed by atoms with Gasteiger partial charge in [-0.15, -0.1) is 0 Å². The first-order valence-electron chi connectivity index (χ1n) is 7.14. The van der Waals surface area contributed by atoms with Gasteiger partial charge >= 0.3 is 0 Å². The predicted molar refractivity (Wildman–Crippen MR) is 83.6 cm³/mol. The van der Waals surface area contributed by atoms with Gasteiger partial charge in [-0.05, 0) is 73.8 Å². The first-order valence-corrected chi connectivity index (χ1v) is 8.06. The lowest BCUT2D eigenvalue weighted by Gasteiger charge is -2.27. The van der Waals surface area contributed by atoms with E-state index in [1.54, 1.807) is 5.56 Å². The van der Waals surface area contributed by atoms with E-state index in [0.29, 0.717) is 4.83 Å². The Bertz CT molecular complexity index is 421. The summed E-state index contributed by atoms with van der Waals surface area (Å²) >= 11 is 4.02. The van der Waals surface area contributed by atoms with Gasteiger partial charge in [0.1, 0.15) is 0 Å². The molecule has 1 aromatic rings. The Labute approximate surface area is 120 Å². The summed E-state index contributed by atoms with van der Waals surface area (Å²) in [5.74, 6) is 1.66. The first kappa shape index (κ1) is 14.1. The van der Waals surface area contributed by atoms with Crippen LogP contribution in [0.25, 0.3) is 0 Å². The van der Waals surface area contributed by atoms with Crippen LogP contribution in [0.1, 0.15) is 58.8 Å². The Morgan fingerprint density at radius 1 is 1.06 bits per heavy atom. The molecule has 3 unspecified atom stereocenters. The Morgan fingerprint density at radius 3 is 2.06 bits per heavy atom. The highest BCUT2D eigenvalue weighted by atomic mass is 79.9. The third-order valence-corrected chi connectivity index (χ3v) is 6.14. The van der Waals surface area contributed by atoms with Crippen molar-refractivity contribution in [3.63, 3.8) is 0 Å². The molecule has 1 heteroatoms. The lowest BCUT2D eigenvalue weighted by molar-refractivity contribution is 0.413. The van der Waals surface area contributed by atoms with Crippen LogP contribution in [-0.2, 0) is 0 Å². The maximum absolute atomic E-state index is 4.02. The summed E-state index contributed by atoms with van der Waals surface area (Å²) in [6.45, 7) is 11.5. The minimum Gasteiger partial charge on any atom is -0.0835 e. The predicted octanol–water partition coefficient (Wildman–Crippen LogP) is 5.79. The molecule has 0 nitrogen and oxygen atoms in total. The smallest absolute Gasteiger partial charge is 0.0431 e. The Morgan fingerprint density at radius 2 is 1.61 bits per heavy atom. The lowest BCUT2D eigenvalue weighted by atomic mass is 9.84. The summed E-state index contributed by atoms with van der Waals surface area (Å²) in [5.41, 5.74) is 7.40. The molecule has 0 aliphatic heterocycles. The third-order valence-electron chi connectivity index (χ3n) is 5.00. The largest absolute Gasteiger partial charge is 0.0835 e. The summed E-state index contributed by atoms with van der Waals surface area (Å²) in [7, 11) is 0. The molecule has 0 aromatic heterocycles. The fraction of sp³-hybridized carbons (Fsp3) is 0.647. The van der Waals surface area contributed by atoms with Crippen LogP contribution >= 0.6 is 15.9 Å². The standard InChI is InChI=1S/C17H25Br/c1-10-7-6-8-15(10)17(18)16-13(4)11(2)9-12(3)14(16)5/h9-10,15,17H,6-8H2,1-5H3. The number of benzene rings is 1. The minimum absolute atomic E-state index is 0.536. The Hall–Kier alpha value is -0.300. The second kappa shape index (κ2) is 5.36. The number of alkyl halides is 1. The molecular formula is C17H25Br. The van der Waals surface area contributed by atoms with Crippen LogP contribution in [-0.4, -0.2) is 0 Å². The molecule has 0 N–H and O–H groups in total. The van der Waals surface area contributed by atoms with E-state index in [1.165, 1.54) is 41.5 Å². The molecule has 1 fully saturated rings. The maximum Gasteiger partial charge on any atom is 0.0431 e. The van der Waals surface area contributed by atoms with Crippen LogP contribution < -0.4 is 0 Å². The van der Waals surface area contributed by atoms with Crippen molar-refractivity contribution in [2.24, 2.45) is 11.8 Å². The highest BCUT2D eigenvalue weighted by Crippen LogP contribution is 2.47. The van der Waals surface area contributed by atoms with Gasteiger partial charge in [0.25, 0.3) is 0 Å². The van der Waals surface area contributed by atoms with Gasteiger partial charge in [-0.1, -0.05) is 41.8 Å². The fourth-order valence-corrected chi connectivity index (χ4v) is 4.96. The van der Waals surface area contributed by atoms with Crippen LogP contribution in [0.2, 0.25) is 0 Å². The summed E-state index contributed by atoms with van der Waals surface area (Å²) in [6, 6.07) is 2.33. The zero-order chi connectivity index (χ0) is 13.4. The summed E-state index contributed by atoms with van der Waals surface area (Å²) < 4.78 is 0. The number of aryl methyl sites for hydroxylation is 2. The maximum atomic E-state index is 4.02. The number of halogens is 1. The molecule has 0 heterocycles. The molecule has 1 aliphatic carbocycles. The average Bonchev–Trinajstić information content (AvgIpc) is 2.73. The molecule has 2 rings (SSSR count). The van der Waals surface area contributed by atoms with Crippen molar-refractivity contribution >= 4 is 15.9 Å². The van der Waals surface area contributed by atoms with Crippen LogP contribution in [0.15, 0.2) is 6.07 Å². The van der Waals surface area contributed by atoms with Gasteiger partial charge < -0.3 is 0 Å². The molecule has 1 aromatic carbocycles. The molecule has 1 saturated carbocycles. The molecule has 100 valence electrons. The SMILES string of the molecule is Cc1cc(C)c(C)c(C(Br)C2CCCC2C)c1C. The van der Waals surface area contributed by atoms with Gasteiger partial charge in [0.2, 0.25) is 0 Å². The van der Waals surface area contributed by atoms with E-state index < -0.39 is 0 Å². The van der Waals surface area contributed by atoms with Crippen molar-refractivity contribution in [3.05, 3.63) is 33.9 Å². The van der Waals surface area contributed by atoms with Crippen molar-refractivity contribution in [1.29, 1.82) is 0 Å². The molecular weight excluding hydrogens is 284 g/mol. The monoisotopic (exact) mass is 308 g/mol. The van der Waals surface area contributed by atoms with E-state index in [-0.39, 0.29) is 0 Å².